The topological polar surface area (TPSA) is 255 Å². The van der Waals surface area contributed by atoms with Crippen molar-refractivity contribution in [1.29, 1.82) is 0 Å². The number of carbonyl (C=O) groups excluding carboxylic acids is 6. The van der Waals surface area contributed by atoms with Crippen molar-refractivity contribution < 1.29 is 62.4 Å². The molecule has 398 valence electrons. The van der Waals surface area contributed by atoms with E-state index in [1.54, 1.807) is 100 Å². The second-order valence-corrected chi connectivity index (χ2v) is 22.2. The van der Waals surface area contributed by atoms with Crippen LogP contribution in [-0.4, -0.2) is 134 Å². The molecule has 1 aromatic carbocycles. The Morgan fingerprint density at radius 1 is 0.789 bits per heavy atom. The number of carbonyl (C=O) groups is 8. The number of aliphatic carboxylic acids is 2. The Labute approximate surface area is 418 Å². The van der Waals surface area contributed by atoms with Gasteiger partial charge >= 0.3 is 24.1 Å². The first-order chi connectivity index (χ1) is 32.4. The number of aromatic nitrogens is 1. The van der Waals surface area contributed by atoms with Crippen molar-refractivity contribution in [2.24, 2.45) is 18.4 Å². The Morgan fingerprint density at radius 2 is 1.35 bits per heavy atom. The van der Waals surface area contributed by atoms with Crippen molar-refractivity contribution in [1.82, 2.24) is 35.6 Å². The number of aryl methyl sites for hydroxylation is 1. The van der Waals surface area contributed by atoms with Gasteiger partial charge in [0.05, 0.1) is 6.04 Å². The monoisotopic (exact) mass is 1000 g/mol. The van der Waals surface area contributed by atoms with Crippen LogP contribution >= 0.6 is 0 Å². The van der Waals surface area contributed by atoms with Gasteiger partial charge in [0.15, 0.2) is 0 Å². The van der Waals surface area contributed by atoms with Crippen LogP contribution in [0.3, 0.4) is 0 Å². The Balaban J connectivity index is 2.33. The fraction of sp³-hybridized carbons (Fsp3) is 0.647. The number of unbranched alkanes of at least 4 members (excludes halogenated alkanes) is 1. The molecule has 0 aliphatic heterocycles. The van der Waals surface area contributed by atoms with Crippen LogP contribution in [0.25, 0.3) is 10.9 Å². The predicted molar refractivity (Wildman–Crippen MR) is 267 cm³/mol. The highest BCUT2D eigenvalue weighted by Crippen LogP contribution is 2.38. The van der Waals surface area contributed by atoms with E-state index in [-0.39, 0.29) is 30.9 Å². The number of carboxylic acids is 2. The van der Waals surface area contributed by atoms with Crippen LogP contribution in [0.5, 0.6) is 0 Å². The zero-order chi connectivity index (χ0) is 54.7. The smallest absolute Gasteiger partial charge is 0.410 e. The van der Waals surface area contributed by atoms with Gasteiger partial charge in [0, 0.05) is 62.2 Å². The van der Waals surface area contributed by atoms with Gasteiger partial charge in [-0.05, 0) is 109 Å². The van der Waals surface area contributed by atoms with E-state index in [0.29, 0.717) is 29.3 Å². The van der Waals surface area contributed by atoms with Gasteiger partial charge in [0.2, 0.25) is 23.6 Å². The number of nitrogens with zero attached hydrogens (tertiary/aromatic N) is 3. The quantitative estimate of drug-likeness (QED) is 0.0553. The van der Waals surface area contributed by atoms with E-state index in [0.717, 1.165) is 0 Å². The van der Waals surface area contributed by atoms with Crippen LogP contribution < -0.4 is 21.3 Å². The second-order valence-electron chi connectivity index (χ2n) is 22.2. The number of amides is 6. The molecule has 71 heavy (non-hydrogen) atoms. The van der Waals surface area contributed by atoms with Crippen molar-refractivity contribution in [2.75, 3.05) is 20.6 Å². The number of benzene rings is 1. The van der Waals surface area contributed by atoms with E-state index < -0.39 is 112 Å². The molecule has 0 aliphatic rings. The fourth-order valence-electron chi connectivity index (χ4n) is 8.06. The summed E-state index contributed by atoms with van der Waals surface area (Å²) in [5, 5.41) is 30.5. The lowest BCUT2D eigenvalue weighted by atomic mass is 9.76. The molecule has 6 N–H and O–H groups in total. The maximum Gasteiger partial charge on any atom is 0.410 e. The first kappa shape index (κ1) is 60.9. The fourth-order valence-corrected chi connectivity index (χ4v) is 8.06. The molecule has 2 aromatic rings. The van der Waals surface area contributed by atoms with E-state index in [4.69, 9.17) is 9.47 Å². The summed E-state index contributed by atoms with van der Waals surface area (Å²) in [5.41, 5.74) is -2.43. The van der Waals surface area contributed by atoms with Gasteiger partial charge in [-0.15, -0.1) is 0 Å². The molecule has 0 radical (unpaired) electrons. The highest BCUT2D eigenvalue weighted by molar-refractivity contribution is 5.97. The van der Waals surface area contributed by atoms with Crippen LogP contribution in [0.2, 0.25) is 0 Å². The summed E-state index contributed by atoms with van der Waals surface area (Å²) in [6.07, 6.45) is 1.84. The maximum atomic E-state index is 14.9. The zero-order valence-electron chi connectivity index (χ0n) is 44.8. The van der Waals surface area contributed by atoms with Crippen LogP contribution in [0.1, 0.15) is 135 Å². The first-order valence-corrected chi connectivity index (χ1v) is 23.9. The lowest BCUT2D eigenvalue weighted by molar-refractivity contribution is -0.143. The molecule has 0 bridgehead atoms. The molecule has 2 rings (SSSR count). The van der Waals surface area contributed by atoms with E-state index in [1.807, 2.05) is 13.8 Å². The van der Waals surface area contributed by atoms with Gasteiger partial charge < -0.3 is 50.4 Å². The number of nitrogens with one attached hydrogen (secondary N) is 4. The number of halogens is 1. The van der Waals surface area contributed by atoms with Crippen molar-refractivity contribution in [3.8, 4) is 0 Å². The summed E-state index contributed by atoms with van der Waals surface area (Å²) >= 11 is 0. The number of ether oxygens (including phenoxy) is 2. The molecular weight excluding hydrogens is 922 g/mol. The molecule has 19 nitrogen and oxygen atoms in total. The number of alkyl carbamates (subject to hydrolysis) is 1. The standard InChI is InChI=1S/C51H80FN7O12/c1-29(2)37(26-30(3)41(61)55-35(45(66)67)22-24-38(60)54-34(44(64)65)20-18-19-25-53-46(68)70-49(7,8)9)58(16)43(63)39(48(4,5)6)56-42(62)40(59(17)47(69)71-50(10,11)12)51(13,14)33-28-57(15)36-23-21-31(52)27-32(33)36/h21,23,26-29,34-35,37,39-40H,18-20,22,24-25H2,1-17H3,(H,53,68)(H,54,60)(H,55,61)(H,56,62)(H,64,65)(H,66,67)/b30-26+. The molecule has 5 atom stereocenters. The number of carboxylic acid groups (broad SMARTS) is 2. The van der Waals surface area contributed by atoms with Gasteiger partial charge in [-0.2, -0.15) is 0 Å². The van der Waals surface area contributed by atoms with Gasteiger partial charge in [0.1, 0.15) is 41.2 Å². The molecule has 0 fully saturated rings. The minimum Gasteiger partial charge on any atom is -0.480 e. The minimum atomic E-state index is -1.54. The Morgan fingerprint density at radius 3 is 1.87 bits per heavy atom. The van der Waals surface area contributed by atoms with Crippen LogP contribution in [0.4, 0.5) is 14.0 Å². The number of likely N-dealkylation sites (N-methyl/N-ethyl adjacent to an activating group) is 2. The molecule has 0 saturated carbocycles. The predicted octanol–water partition coefficient (Wildman–Crippen LogP) is 6.40. The molecular formula is C51H80FN7O12. The summed E-state index contributed by atoms with van der Waals surface area (Å²) in [5.74, 6) is -6.31. The summed E-state index contributed by atoms with van der Waals surface area (Å²) in [4.78, 5) is 108. The van der Waals surface area contributed by atoms with E-state index in [9.17, 15) is 53.0 Å². The molecule has 1 heterocycles. The zero-order valence-corrected chi connectivity index (χ0v) is 44.8. The molecule has 6 amide bonds. The highest BCUT2D eigenvalue weighted by Gasteiger charge is 2.47. The van der Waals surface area contributed by atoms with Gasteiger partial charge in [-0.3, -0.25) is 24.1 Å². The van der Waals surface area contributed by atoms with Crippen molar-refractivity contribution in [2.45, 2.75) is 176 Å². The minimum absolute atomic E-state index is 0.0380. The lowest BCUT2D eigenvalue weighted by Crippen LogP contribution is -2.63. The number of fused-ring (bicyclic) bond motifs is 1. The number of hydrogen-bond acceptors (Lipinski definition) is 10. The first-order valence-electron chi connectivity index (χ1n) is 23.9. The average molecular weight is 1000 g/mol. The largest absolute Gasteiger partial charge is 0.480 e. The molecule has 1 aromatic heterocycles. The highest BCUT2D eigenvalue weighted by atomic mass is 19.1. The Kier molecular flexibility index (Phi) is 21.2. The third-order valence-electron chi connectivity index (χ3n) is 11.8. The number of rotatable bonds is 22. The molecule has 0 spiro atoms. The average Bonchev–Trinajstić information content (AvgIpc) is 3.55. The number of hydrogen-bond donors (Lipinski definition) is 6. The van der Waals surface area contributed by atoms with Gasteiger partial charge in [-0.1, -0.05) is 54.5 Å². The molecule has 0 aliphatic carbocycles. The lowest BCUT2D eigenvalue weighted by Gasteiger charge is -2.42. The Hall–Kier alpha value is -6.21. The van der Waals surface area contributed by atoms with Crippen molar-refractivity contribution in [3.63, 3.8) is 0 Å². The van der Waals surface area contributed by atoms with E-state index in [2.05, 4.69) is 21.3 Å². The van der Waals surface area contributed by atoms with E-state index >= 15 is 0 Å². The van der Waals surface area contributed by atoms with Gasteiger partial charge in [-0.25, -0.2) is 23.6 Å². The Bertz CT molecular complexity index is 2290. The van der Waals surface area contributed by atoms with Crippen molar-refractivity contribution >= 4 is 58.7 Å². The maximum absolute atomic E-state index is 14.9. The summed E-state index contributed by atoms with van der Waals surface area (Å²) < 4.78 is 27.4. The van der Waals surface area contributed by atoms with Crippen molar-refractivity contribution in [3.05, 3.63) is 47.4 Å². The molecule has 0 saturated heterocycles. The SMILES string of the molecule is C/C(=C\C(C(C)C)N(C)C(=O)C(NC(=O)C(N(C)C(=O)OC(C)(C)C)C(C)(C)c1cn(C)c2ccc(F)cc12)C(C)(C)C)C(=O)NC(CCC(=O)NC(CCCCNC(=O)OC(C)(C)C)C(=O)O)C(=O)O. The third kappa shape index (κ3) is 18.2. The van der Waals surface area contributed by atoms with Gasteiger partial charge in [0.25, 0.3) is 0 Å². The summed E-state index contributed by atoms with van der Waals surface area (Å²) in [6, 6.07) is -1.77. The third-order valence-corrected chi connectivity index (χ3v) is 11.8. The normalized spacial score (nSPS) is 14.6. The van der Waals surface area contributed by atoms with E-state index in [1.165, 1.54) is 49.0 Å². The van der Waals surface area contributed by atoms with Crippen LogP contribution in [0, 0.1) is 17.2 Å². The summed E-state index contributed by atoms with van der Waals surface area (Å²) in [6.45, 7) is 24.3. The summed E-state index contributed by atoms with van der Waals surface area (Å²) in [7, 11) is 4.73. The van der Waals surface area contributed by atoms with Crippen LogP contribution in [-0.2, 0) is 50.7 Å². The van der Waals surface area contributed by atoms with Crippen LogP contribution in [0.15, 0.2) is 36.0 Å². The second kappa shape index (κ2) is 24.8. The molecule has 20 heteroatoms. The molecule has 5 unspecified atom stereocenters.